The minimum Gasteiger partial charge on any atom is -0.550 e. The molecule has 2 rings (SSSR count). The number of allylic oxidation sites excluding steroid dienone is 4. The van der Waals surface area contributed by atoms with E-state index in [4.69, 9.17) is 9.47 Å². The van der Waals surface area contributed by atoms with Gasteiger partial charge in [-0.3, -0.25) is 0 Å². The van der Waals surface area contributed by atoms with Crippen LogP contribution in [0.4, 0.5) is 0 Å². The SMILES string of the molecule is COc1c(C)c2c(c(O)c1C/C=C(\C)CC/C=C(\C)CCC(=O)[O-])C(=O)OC2. The molecule has 6 heteroatoms. The molecule has 1 aliphatic rings. The quantitative estimate of drug-likeness (QED) is 0.517. The topological polar surface area (TPSA) is 95.9 Å². The molecule has 0 aliphatic carbocycles. The van der Waals surface area contributed by atoms with E-state index >= 15 is 0 Å². The Balaban J connectivity index is 2.10. The summed E-state index contributed by atoms with van der Waals surface area (Å²) in [6.07, 6.45) is 6.64. The third-order valence-electron chi connectivity index (χ3n) is 5.06. The van der Waals surface area contributed by atoms with Crippen molar-refractivity contribution in [3.63, 3.8) is 0 Å². The zero-order valence-corrected chi connectivity index (χ0v) is 16.9. The molecule has 1 aromatic rings. The summed E-state index contributed by atoms with van der Waals surface area (Å²) < 4.78 is 10.5. The van der Waals surface area contributed by atoms with Crippen molar-refractivity contribution in [3.8, 4) is 11.5 Å². The number of carbonyl (C=O) groups is 2. The molecule has 0 spiro atoms. The molecular weight excluding hydrogens is 360 g/mol. The first-order valence-electron chi connectivity index (χ1n) is 9.35. The molecule has 0 fully saturated rings. The number of hydrogen-bond donors (Lipinski definition) is 1. The van der Waals surface area contributed by atoms with Gasteiger partial charge in [0.2, 0.25) is 0 Å². The first-order valence-corrected chi connectivity index (χ1v) is 9.35. The van der Waals surface area contributed by atoms with E-state index in [0.717, 1.165) is 29.6 Å². The molecule has 1 heterocycles. The van der Waals surface area contributed by atoms with E-state index in [9.17, 15) is 19.8 Å². The lowest BCUT2D eigenvalue weighted by Crippen LogP contribution is -2.21. The summed E-state index contributed by atoms with van der Waals surface area (Å²) in [7, 11) is 1.55. The smallest absolute Gasteiger partial charge is 0.342 e. The Morgan fingerprint density at radius 3 is 2.54 bits per heavy atom. The van der Waals surface area contributed by atoms with Crippen molar-refractivity contribution < 1.29 is 29.3 Å². The molecule has 1 N–H and O–H groups in total. The van der Waals surface area contributed by atoms with Crippen LogP contribution < -0.4 is 9.84 Å². The summed E-state index contributed by atoms with van der Waals surface area (Å²) in [5, 5.41) is 21.1. The van der Waals surface area contributed by atoms with Gasteiger partial charge in [-0.2, -0.15) is 0 Å². The zero-order valence-electron chi connectivity index (χ0n) is 16.9. The highest BCUT2D eigenvalue weighted by Gasteiger charge is 2.31. The third kappa shape index (κ3) is 4.94. The van der Waals surface area contributed by atoms with Crippen LogP contribution >= 0.6 is 0 Å². The summed E-state index contributed by atoms with van der Waals surface area (Å²) in [5.41, 5.74) is 4.48. The number of esters is 1. The van der Waals surface area contributed by atoms with Crippen LogP contribution in [0.25, 0.3) is 0 Å². The molecular formula is C22H27O6-. The van der Waals surface area contributed by atoms with Crippen LogP contribution in [-0.2, 0) is 22.6 Å². The molecule has 0 atom stereocenters. The number of phenolic OH excluding ortho intramolecular Hbond substituents is 1. The number of fused-ring (bicyclic) bond motifs is 1. The van der Waals surface area contributed by atoms with E-state index in [-0.39, 0.29) is 24.3 Å². The number of cyclic esters (lactones) is 1. The number of hydrogen-bond acceptors (Lipinski definition) is 6. The number of carboxylic acid groups (broad SMARTS) is 1. The molecule has 0 bridgehead atoms. The Kier molecular flexibility index (Phi) is 7.26. The summed E-state index contributed by atoms with van der Waals surface area (Å²) in [6, 6.07) is 0. The minimum atomic E-state index is -1.04. The normalized spacial score (nSPS) is 14.1. The van der Waals surface area contributed by atoms with Crippen molar-refractivity contribution in [3.05, 3.63) is 45.6 Å². The van der Waals surface area contributed by atoms with Gasteiger partial charge >= 0.3 is 5.97 Å². The number of aliphatic carboxylic acids is 1. The molecule has 152 valence electrons. The van der Waals surface area contributed by atoms with Crippen LogP contribution in [0.15, 0.2) is 23.3 Å². The zero-order chi connectivity index (χ0) is 20.8. The third-order valence-corrected chi connectivity index (χ3v) is 5.06. The molecule has 1 aromatic carbocycles. The highest BCUT2D eigenvalue weighted by molar-refractivity contribution is 5.98. The predicted octanol–water partition coefficient (Wildman–Crippen LogP) is 3.13. The molecule has 0 unspecified atom stereocenters. The Bertz CT molecular complexity index is 832. The van der Waals surface area contributed by atoms with Crippen molar-refractivity contribution >= 4 is 11.9 Å². The number of ether oxygens (including phenoxy) is 2. The molecule has 0 aromatic heterocycles. The van der Waals surface area contributed by atoms with E-state index in [1.54, 1.807) is 7.11 Å². The summed E-state index contributed by atoms with van der Waals surface area (Å²) in [6.45, 7) is 5.93. The maximum Gasteiger partial charge on any atom is 0.342 e. The number of carbonyl (C=O) groups excluding carboxylic acids is 2. The number of carboxylic acids is 1. The standard InChI is InChI=1S/C22H28O6/c1-13(6-5-7-14(2)9-11-18(23)24)8-10-16-20(25)19-17(12-28-22(19)26)15(3)21(16)27-4/h7-8,25H,5-6,9-12H2,1-4H3,(H,23,24)/p-1/b13-8+,14-7+. The lowest BCUT2D eigenvalue weighted by molar-refractivity contribution is -0.305. The molecule has 0 radical (unpaired) electrons. The van der Waals surface area contributed by atoms with Gasteiger partial charge in [0.25, 0.3) is 0 Å². The fraction of sp³-hybridized carbons (Fsp3) is 0.455. The molecule has 0 saturated carbocycles. The number of phenols is 1. The van der Waals surface area contributed by atoms with Gasteiger partial charge in [-0.1, -0.05) is 23.3 Å². The second-order valence-corrected chi connectivity index (χ2v) is 7.13. The van der Waals surface area contributed by atoms with Crippen LogP contribution in [0.1, 0.15) is 66.6 Å². The molecule has 1 aliphatic heterocycles. The Labute approximate surface area is 165 Å². The van der Waals surface area contributed by atoms with Gasteiger partial charge in [0, 0.05) is 17.1 Å². The summed E-state index contributed by atoms with van der Waals surface area (Å²) in [4.78, 5) is 22.4. The van der Waals surface area contributed by atoms with Crippen molar-refractivity contribution in [2.45, 2.75) is 59.5 Å². The van der Waals surface area contributed by atoms with E-state index in [0.29, 0.717) is 29.7 Å². The fourth-order valence-electron chi connectivity index (χ4n) is 3.35. The lowest BCUT2D eigenvalue weighted by Gasteiger charge is -2.15. The summed E-state index contributed by atoms with van der Waals surface area (Å²) in [5.74, 6) is -1.03. The first-order chi connectivity index (χ1) is 13.3. The van der Waals surface area contributed by atoms with Crippen molar-refractivity contribution in [1.29, 1.82) is 0 Å². The lowest BCUT2D eigenvalue weighted by atomic mass is 9.94. The Hall–Kier alpha value is -2.76. The number of aromatic hydroxyl groups is 1. The minimum absolute atomic E-state index is 0.0380. The van der Waals surface area contributed by atoms with E-state index < -0.39 is 11.9 Å². The average molecular weight is 387 g/mol. The van der Waals surface area contributed by atoms with Crippen LogP contribution in [0.3, 0.4) is 0 Å². The van der Waals surface area contributed by atoms with Gasteiger partial charge in [0.1, 0.15) is 23.7 Å². The van der Waals surface area contributed by atoms with E-state index in [1.807, 2.05) is 32.9 Å². The number of methoxy groups -OCH3 is 1. The van der Waals surface area contributed by atoms with Crippen molar-refractivity contribution in [2.24, 2.45) is 0 Å². The van der Waals surface area contributed by atoms with E-state index in [2.05, 4.69) is 0 Å². The Morgan fingerprint density at radius 2 is 1.89 bits per heavy atom. The first kappa shape index (κ1) is 21.5. The summed E-state index contributed by atoms with van der Waals surface area (Å²) >= 11 is 0. The number of rotatable bonds is 9. The van der Waals surface area contributed by atoms with Gasteiger partial charge in [-0.05, 0) is 58.4 Å². The second kappa shape index (κ2) is 9.44. The largest absolute Gasteiger partial charge is 0.550 e. The average Bonchev–Trinajstić information content (AvgIpc) is 3.03. The monoisotopic (exact) mass is 387 g/mol. The fourth-order valence-corrected chi connectivity index (χ4v) is 3.35. The van der Waals surface area contributed by atoms with E-state index in [1.165, 1.54) is 0 Å². The molecule has 0 amide bonds. The van der Waals surface area contributed by atoms with Gasteiger partial charge in [0.05, 0.1) is 7.11 Å². The van der Waals surface area contributed by atoms with Gasteiger partial charge in [-0.15, -0.1) is 0 Å². The van der Waals surface area contributed by atoms with Gasteiger partial charge < -0.3 is 24.5 Å². The predicted molar refractivity (Wildman–Crippen MR) is 103 cm³/mol. The maximum atomic E-state index is 11.9. The number of benzene rings is 1. The molecule has 6 nitrogen and oxygen atoms in total. The second-order valence-electron chi connectivity index (χ2n) is 7.13. The highest BCUT2D eigenvalue weighted by atomic mass is 16.5. The van der Waals surface area contributed by atoms with Crippen molar-refractivity contribution in [2.75, 3.05) is 7.11 Å². The van der Waals surface area contributed by atoms with Crippen molar-refractivity contribution in [1.82, 2.24) is 0 Å². The maximum absolute atomic E-state index is 11.9. The van der Waals surface area contributed by atoms with Crippen LogP contribution in [0.5, 0.6) is 11.5 Å². The Morgan fingerprint density at radius 1 is 1.21 bits per heavy atom. The molecule has 28 heavy (non-hydrogen) atoms. The van der Waals surface area contributed by atoms with Crippen LogP contribution in [0.2, 0.25) is 0 Å². The van der Waals surface area contributed by atoms with Gasteiger partial charge in [0.15, 0.2) is 0 Å². The highest BCUT2D eigenvalue weighted by Crippen LogP contribution is 2.42. The molecule has 0 saturated heterocycles. The van der Waals surface area contributed by atoms with Crippen LogP contribution in [0, 0.1) is 6.92 Å². The van der Waals surface area contributed by atoms with Crippen LogP contribution in [-0.4, -0.2) is 24.2 Å². The van der Waals surface area contributed by atoms with Gasteiger partial charge in [-0.25, -0.2) is 4.79 Å².